The molecule has 0 spiro atoms. The van der Waals surface area contributed by atoms with Crippen LogP contribution < -0.4 is 15.4 Å². The number of piperazine rings is 1. The van der Waals surface area contributed by atoms with Crippen molar-refractivity contribution in [3.63, 3.8) is 0 Å². The summed E-state index contributed by atoms with van der Waals surface area (Å²) in [6.45, 7) is 3.10. The van der Waals surface area contributed by atoms with Crippen LogP contribution in [0.1, 0.15) is 0 Å². The minimum absolute atomic E-state index is 0.0127. The molecule has 1 aliphatic heterocycles. The van der Waals surface area contributed by atoms with Crippen LogP contribution in [-0.4, -0.2) is 65.0 Å². The molecule has 0 atom stereocenters. The number of halogens is 2. The van der Waals surface area contributed by atoms with Gasteiger partial charge in [-0.15, -0.1) is 5.10 Å². The molecule has 0 saturated carbocycles. The van der Waals surface area contributed by atoms with Crippen molar-refractivity contribution in [3.8, 4) is 22.7 Å². The van der Waals surface area contributed by atoms with E-state index in [-0.39, 0.29) is 17.1 Å². The molecule has 2 aromatic carbocycles. The monoisotopic (exact) mass is 451 g/mol. The first-order valence-electron chi connectivity index (χ1n) is 10.5. The van der Waals surface area contributed by atoms with E-state index in [2.05, 4.69) is 20.0 Å². The number of nitrogens with two attached hydrogens (primary N) is 1. The second kappa shape index (κ2) is 8.28. The molecular formula is C23H23F2N7O. The van der Waals surface area contributed by atoms with Gasteiger partial charge >= 0.3 is 0 Å². The quantitative estimate of drug-likeness (QED) is 0.510. The van der Waals surface area contributed by atoms with Gasteiger partial charge in [0.2, 0.25) is 5.95 Å². The van der Waals surface area contributed by atoms with E-state index >= 15 is 0 Å². The third kappa shape index (κ3) is 3.72. The van der Waals surface area contributed by atoms with Crippen LogP contribution in [0, 0.1) is 11.6 Å². The topological polar surface area (TPSA) is 85.3 Å². The van der Waals surface area contributed by atoms with Gasteiger partial charge in [-0.05, 0) is 43.4 Å². The lowest BCUT2D eigenvalue weighted by Crippen LogP contribution is -2.45. The predicted octanol–water partition coefficient (Wildman–Crippen LogP) is 3.10. The fraction of sp³-hybridized carbons (Fsp3) is 0.261. The average Bonchev–Trinajstić information content (AvgIpc) is 3.17. The fourth-order valence-corrected chi connectivity index (χ4v) is 3.95. The zero-order valence-electron chi connectivity index (χ0n) is 18.3. The lowest BCUT2D eigenvalue weighted by Gasteiger charge is -2.32. The van der Waals surface area contributed by atoms with Crippen molar-refractivity contribution in [2.75, 3.05) is 51.0 Å². The number of ether oxygens (including phenoxy) is 1. The number of fused-ring (bicyclic) bond motifs is 1. The number of rotatable bonds is 4. The molecule has 33 heavy (non-hydrogen) atoms. The second-order valence-electron chi connectivity index (χ2n) is 7.96. The van der Waals surface area contributed by atoms with Crippen LogP contribution in [0.3, 0.4) is 0 Å². The van der Waals surface area contributed by atoms with Crippen molar-refractivity contribution in [2.24, 2.45) is 0 Å². The summed E-state index contributed by atoms with van der Waals surface area (Å²) in [5, 5.41) is 4.96. The number of hydrogen-bond acceptors (Lipinski definition) is 7. The van der Waals surface area contributed by atoms with E-state index in [0.29, 0.717) is 41.5 Å². The number of methoxy groups -OCH3 is 1. The Bertz CT molecular complexity index is 1310. The van der Waals surface area contributed by atoms with Gasteiger partial charge in [-0.2, -0.15) is 4.98 Å². The van der Waals surface area contributed by atoms with Crippen molar-refractivity contribution in [2.45, 2.75) is 0 Å². The smallest absolute Gasteiger partial charge is 0.228 e. The summed E-state index contributed by atoms with van der Waals surface area (Å²) in [5.41, 5.74) is 7.68. The minimum Gasteiger partial charge on any atom is -0.497 e. The van der Waals surface area contributed by atoms with Gasteiger partial charge in [-0.3, -0.25) is 0 Å². The molecule has 3 heterocycles. The number of nitrogens with zero attached hydrogens (tertiary/aromatic N) is 6. The summed E-state index contributed by atoms with van der Waals surface area (Å²) in [5.74, 6) is -0.610. The molecule has 5 rings (SSSR count). The van der Waals surface area contributed by atoms with Crippen LogP contribution in [0.2, 0.25) is 0 Å². The molecule has 0 radical (unpaired) electrons. The van der Waals surface area contributed by atoms with Crippen molar-refractivity contribution in [3.05, 3.63) is 54.1 Å². The maximum atomic E-state index is 14.8. The molecule has 4 aromatic rings. The van der Waals surface area contributed by atoms with Gasteiger partial charge < -0.3 is 20.3 Å². The molecule has 0 bridgehead atoms. The molecule has 0 amide bonds. The Balaban J connectivity index is 1.72. The van der Waals surface area contributed by atoms with Crippen molar-refractivity contribution in [1.82, 2.24) is 24.6 Å². The third-order valence-corrected chi connectivity index (χ3v) is 5.87. The lowest BCUT2D eigenvalue weighted by atomic mass is 10.1. The first kappa shape index (κ1) is 21.1. The highest BCUT2D eigenvalue weighted by molar-refractivity contribution is 5.99. The molecule has 170 valence electrons. The molecule has 1 fully saturated rings. The zero-order chi connectivity index (χ0) is 23.1. The van der Waals surface area contributed by atoms with E-state index in [4.69, 9.17) is 10.5 Å². The van der Waals surface area contributed by atoms with Gasteiger partial charge in [0.15, 0.2) is 17.3 Å². The van der Waals surface area contributed by atoms with Crippen LogP contribution in [0.25, 0.3) is 28.0 Å². The summed E-state index contributed by atoms with van der Waals surface area (Å²) in [6, 6.07) is 11.2. The van der Waals surface area contributed by atoms with Crippen LogP contribution in [-0.2, 0) is 0 Å². The van der Waals surface area contributed by atoms with E-state index in [0.717, 1.165) is 19.2 Å². The summed E-state index contributed by atoms with van der Waals surface area (Å²) >= 11 is 0. The minimum atomic E-state index is -0.988. The van der Waals surface area contributed by atoms with Crippen molar-refractivity contribution >= 4 is 22.8 Å². The number of nitrogen functional groups attached to an aromatic ring is 1. The summed E-state index contributed by atoms with van der Waals surface area (Å²) < 4.78 is 35.7. The molecule has 10 heteroatoms. The Morgan fingerprint density at radius 3 is 2.39 bits per heavy atom. The molecule has 8 nitrogen and oxygen atoms in total. The largest absolute Gasteiger partial charge is 0.497 e. The molecule has 0 unspecified atom stereocenters. The number of hydrogen-bond donors (Lipinski definition) is 1. The Kier molecular flexibility index (Phi) is 5.29. The second-order valence-corrected chi connectivity index (χ2v) is 7.96. The zero-order valence-corrected chi connectivity index (χ0v) is 18.3. The number of benzene rings is 2. The van der Waals surface area contributed by atoms with E-state index in [1.54, 1.807) is 31.4 Å². The fourth-order valence-electron chi connectivity index (χ4n) is 3.95. The van der Waals surface area contributed by atoms with Gasteiger partial charge in [-0.25, -0.2) is 18.4 Å². The SMILES string of the molecule is COc1ccc(-n2nc3nc(N4CCN(C)CC4)nc(-c4cccc(F)c4F)c3c2N)cc1. The highest BCUT2D eigenvalue weighted by Crippen LogP contribution is 2.35. The number of likely N-dealkylation sites (N-methyl/N-ethyl adjacent to an activating group) is 1. The molecular weight excluding hydrogens is 428 g/mol. The highest BCUT2D eigenvalue weighted by atomic mass is 19.2. The standard InChI is InChI=1S/C23H23F2N7O/c1-30-10-12-31(13-11-30)23-27-20(16-4-3-5-17(24)19(16)25)18-21(26)32(29-22(18)28-23)14-6-8-15(33-2)9-7-14/h3-9H,10-13,26H2,1-2H3. The third-order valence-electron chi connectivity index (χ3n) is 5.87. The maximum Gasteiger partial charge on any atom is 0.228 e. The van der Waals surface area contributed by atoms with Gasteiger partial charge in [0.05, 0.1) is 23.9 Å². The molecule has 0 aliphatic carbocycles. The number of aromatic nitrogens is 4. The van der Waals surface area contributed by atoms with Crippen molar-refractivity contribution in [1.29, 1.82) is 0 Å². The highest BCUT2D eigenvalue weighted by Gasteiger charge is 2.25. The van der Waals surface area contributed by atoms with E-state index in [1.807, 2.05) is 11.9 Å². The van der Waals surface area contributed by atoms with Crippen molar-refractivity contribution < 1.29 is 13.5 Å². The normalized spacial score (nSPS) is 14.7. The average molecular weight is 451 g/mol. The van der Waals surface area contributed by atoms with E-state index in [1.165, 1.54) is 16.8 Å². The molecule has 1 saturated heterocycles. The van der Waals surface area contributed by atoms with Gasteiger partial charge in [-0.1, -0.05) is 6.07 Å². The van der Waals surface area contributed by atoms with Crippen LogP contribution in [0.5, 0.6) is 5.75 Å². The lowest BCUT2D eigenvalue weighted by molar-refractivity contribution is 0.311. The van der Waals surface area contributed by atoms with E-state index < -0.39 is 11.6 Å². The molecule has 2 aromatic heterocycles. The first-order chi connectivity index (χ1) is 16.0. The van der Waals surface area contributed by atoms with Crippen LogP contribution in [0.15, 0.2) is 42.5 Å². The summed E-state index contributed by atoms with van der Waals surface area (Å²) in [6.07, 6.45) is 0. The Hall–Kier alpha value is -3.79. The Morgan fingerprint density at radius 2 is 1.70 bits per heavy atom. The summed E-state index contributed by atoms with van der Waals surface area (Å²) in [4.78, 5) is 13.5. The van der Waals surface area contributed by atoms with Crippen LogP contribution >= 0.6 is 0 Å². The van der Waals surface area contributed by atoms with Crippen LogP contribution in [0.4, 0.5) is 20.5 Å². The van der Waals surface area contributed by atoms with Gasteiger partial charge in [0.25, 0.3) is 0 Å². The molecule has 2 N–H and O–H groups in total. The predicted molar refractivity (Wildman–Crippen MR) is 123 cm³/mol. The Labute approximate surface area is 189 Å². The first-order valence-corrected chi connectivity index (χ1v) is 10.5. The number of anilines is 2. The molecule has 1 aliphatic rings. The van der Waals surface area contributed by atoms with Gasteiger partial charge in [0.1, 0.15) is 11.6 Å². The summed E-state index contributed by atoms with van der Waals surface area (Å²) in [7, 11) is 3.63. The maximum absolute atomic E-state index is 14.8. The van der Waals surface area contributed by atoms with E-state index in [9.17, 15) is 8.78 Å². The Morgan fingerprint density at radius 1 is 0.970 bits per heavy atom. The van der Waals surface area contributed by atoms with Gasteiger partial charge in [0, 0.05) is 31.7 Å².